The fraction of sp³-hybridized carbons (Fsp3) is 0.435. The van der Waals surface area contributed by atoms with Crippen LogP contribution < -0.4 is 10.0 Å². The molecule has 6 nitrogen and oxygen atoms in total. The molecule has 0 radical (unpaired) electrons. The Labute approximate surface area is 189 Å². The van der Waals surface area contributed by atoms with Crippen LogP contribution in [0.5, 0.6) is 0 Å². The quantitative estimate of drug-likeness (QED) is 0.537. The number of carbonyl (C=O) groups is 1. The number of likely N-dealkylation sites (tertiary alicyclic amines) is 1. The van der Waals surface area contributed by atoms with Gasteiger partial charge in [0.1, 0.15) is 6.04 Å². The lowest BCUT2D eigenvalue weighted by molar-refractivity contribution is -0.117. The third-order valence-electron chi connectivity index (χ3n) is 5.41. The van der Waals surface area contributed by atoms with Crippen LogP contribution in [-0.2, 0) is 21.2 Å². The van der Waals surface area contributed by atoms with E-state index in [0.717, 1.165) is 13.0 Å². The number of hydrogen-bond donors (Lipinski definition) is 2. The van der Waals surface area contributed by atoms with Crippen molar-refractivity contribution in [2.45, 2.75) is 36.6 Å². The van der Waals surface area contributed by atoms with Crippen molar-refractivity contribution in [1.29, 1.82) is 0 Å². The van der Waals surface area contributed by atoms with Crippen LogP contribution in [0.15, 0.2) is 59.5 Å². The standard InChI is InChI=1S/C23H31N3O3S2/c1-30-18-14-22(25-31(28,29)21-7-3-2-4-8-21)23(27)24-20-11-9-19(10-12-20)13-17-26-15-5-6-16-26/h2-4,7-12,22,25H,5-6,13-18H2,1H3,(H,24,27). The van der Waals surface area contributed by atoms with E-state index in [1.807, 2.05) is 30.5 Å². The average molecular weight is 462 g/mol. The molecule has 1 aliphatic rings. The monoisotopic (exact) mass is 461 g/mol. The number of carbonyl (C=O) groups excluding carboxylic acids is 1. The zero-order valence-corrected chi connectivity index (χ0v) is 19.6. The molecule has 2 N–H and O–H groups in total. The number of nitrogens with zero attached hydrogens (tertiary/aromatic N) is 1. The highest BCUT2D eigenvalue weighted by Crippen LogP contribution is 2.15. The number of hydrogen-bond acceptors (Lipinski definition) is 5. The van der Waals surface area contributed by atoms with Gasteiger partial charge < -0.3 is 10.2 Å². The second kappa shape index (κ2) is 11.7. The summed E-state index contributed by atoms with van der Waals surface area (Å²) in [5.41, 5.74) is 1.90. The molecule has 0 bridgehead atoms. The molecule has 1 unspecified atom stereocenters. The van der Waals surface area contributed by atoms with Crippen LogP contribution in [0, 0.1) is 0 Å². The van der Waals surface area contributed by atoms with Crippen LogP contribution >= 0.6 is 11.8 Å². The molecule has 168 valence electrons. The van der Waals surface area contributed by atoms with Crippen LogP contribution in [0.3, 0.4) is 0 Å². The summed E-state index contributed by atoms with van der Waals surface area (Å²) in [4.78, 5) is 15.5. The van der Waals surface area contributed by atoms with Gasteiger partial charge in [-0.3, -0.25) is 4.79 Å². The Morgan fingerprint density at radius 2 is 1.74 bits per heavy atom. The van der Waals surface area contributed by atoms with E-state index in [9.17, 15) is 13.2 Å². The second-order valence-electron chi connectivity index (χ2n) is 7.75. The fourth-order valence-electron chi connectivity index (χ4n) is 3.61. The van der Waals surface area contributed by atoms with Gasteiger partial charge in [-0.05, 0) is 80.6 Å². The van der Waals surface area contributed by atoms with E-state index in [1.54, 1.807) is 30.0 Å². The van der Waals surface area contributed by atoms with Crippen LogP contribution in [-0.4, -0.2) is 56.9 Å². The summed E-state index contributed by atoms with van der Waals surface area (Å²) in [6.45, 7) is 3.43. The topological polar surface area (TPSA) is 78.5 Å². The molecule has 8 heteroatoms. The largest absolute Gasteiger partial charge is 0.325 e. The zero-order valence-electron chi connectivity index (χ0n) is 17.9. The van der Waals surface area contributed by atoms with E-state index in [4.69, 9.17) is 0 Å². The van der Waals surface area contributed by atoms with Crippen molar-refractivity contribution >= 4 is 33.4 Å². The molecular formula is C23H31N3O3S2. The van der Waals surface area contributed by atoms with Crippen molar-refractivity contribution in [1.82, 2.24) is 9.62 Å². The molecule has 1 saturated heterocycles. The highest BCUT2D eigenvalue weighted by atomic mass is 32.2. The number of amides is 1. The molecule has 3 rings (SSSR count). The first-order chi connectivity index (χ1) is 15.0. The van der Waals surface area contributed by atoms with Gasteiger partial charge in [0.15, 0.2) is 0 Å². The summed E-state index contributed by atoms with van der Waals surface area (Å²) in [6, 6.07) is 15.1. The van der Waals surface area contributed by atoms with Crippen molar-refractivity contribution in [3.63, 3.8) is 0 Å². The third-order valence-corrected chi connectivity index (χ3v) is 7.55. The Hall–Kier alpha value is -1.87. The van der Waals surface area contributed by atoms with Crippen molar-refractivity contribution in [3.8, 4) is 0 Å². The Morgan fingerprint density at radius 3 is 2.39 bits per heavy atom. The molecule has 31 heavy (non-hydrogen) atoms. The Bertz CT molecular complexity index is 928. The lowest BCUT2D eigenvalue weighted by Gasteiger charge is -2.18. The predicted molar refractivity (Wildman–Crippen MR) is 128 cm³/mol. The first kappa shape index (κ1) is 23.8. The maximum absolute atomic E-state index is 12.9. The van der Waals surface area contributed by atoms with Crippen molar-refractivity contribution in [2.75, 3.05) is 37.0 Å². The van der Waals surface area contributed by atoms with Gasteiger partial charge in [0, 0.05) is 12.2 Å². The van der Waals surface area contributed by atoms with Gasteiger partial charge in [0.25, 0.3) is 0 Å². The highest BCUT2D eigenvalue weighted by molar-refractivity contribution is 7.98. The molecular weight excluding hydrogens is 430 g/mol. The van der Waals surface area contributed by atoms with E-state index in [0.29, 0.717) is 17.9 Å². The minimum absolute atomic E-state index is 0.152. The zero-order chi connectivity index (χ0) is 22.1. The normalized spacial score (nSPS) is 15.6. The summed E-state index contributed by atoms with van der Waals surface area (Å²) in [6.07, 6.45) is 5.91. The van der Waals surface area contributed by atoms with E-state index in [1.165, 1.54) is 43.6 Å². The maximum atomic E-state index is 12.9. The molecule has 1 atom stereocenters. The summed E-state index contributed by atoms with van der Waals surface area (Å²) in [5.74, 6) is 0.323. The number of rotatable bonds is 11. The summed E-state index contributed by atoms with van der Waals surface area (Å²) < 4.78 is 27.9. The molecule has 1 fully saturated rings. The van der Waals surface area contributed by atoms with Crippen molar-refractivity contribution in [3.05, 3.63) is 60.2 Å². The third kappa shape index (κ3) is 7.35. The van der Waals surface area contributed by atoms with Crippen LogP contribution in [0.4, 0.5) is 5.69 Å². The molecule has 1 amide bonds. The van der Waals surface area contributed by atoms with Crippen molar-refractivity contribution < 1.29 is 13.2 Å². The number of benzene rings is 2. The van der Waals surface area contributed by atoms with Crippen LogP contribution in [0.1, 0.15) is 24.8 Å². The van der Waals surface area contributed by atoms with Gasteiger partial charge in [-0.2, -0.15) is 16.5 Å². The van der Waals surface area contributed by atoms with Crippen molar-refractivity contribution in [2.24, 2.45) is 0 Å². The summed E-state index contributed by atoms with van der Waals surface area (Å²) >= 11 is 1.57. The average Bonchev–Trinajstić information content (AvgIpc) is 3.30. The van der Waals surface area contributed by atoms with Crippen LogP contribution in [0.25, 0.3) is 0 Å². The molecule has 0 saturated carbocycles. The number of thioether (sulfide) groups is 1. The summed E-state index contributed by atoms with van der Waals surface area (Å²) in [7, 11) is -3.77. The SMILES string of the molecule is CSCCC(NS(=O)(=O)c1ccccc1)C(=O)Nc1ccc(CCN2CCCC2)cc1. The summed E-state index contributed by atoms with van der Waals surface area (Å²) in [5, 5.41) is 2.86. The van der Waals surface area contributed by atoms with E-state index in [2.05, 4.69) is 14.9 Å². The lowest BCUT2D eigenvalue weighted by atomic mass is 10.1. The Morgan fingerprint density at radius 1 is 1.06 bits per heavy atom. The highest BCUT2D eigenvalue weighted by Gasteiger charge is 2.25. The van der Waals surface area contributed by atoms with E-state index >= 15 is 0 Å². The molecule has 2 aromatic carbocycles. The van der Waals surface area contributed by atoms with Gasteiger partial charge in [-0.15, -0.1) is 0 Å². The van der Waals surface area contributed by atoms with Gasteiger partial charge >= 0.3 is 0 Å². The van der Waals surface area contributed by atoms with Gasteiger partial charge in [0.05, 0.1) is 4.90 Å². The minimum atomic E-state index is -3.77. The molecule has 2 aromatic rings. The number of nitrogens with one attached hydrogen (secondary N) is 2. The number of sulfonamides is 1. The first-order valence-electron chi connectivity index (χ1n) is 10.7. The van der Waals surface area contributed by atoms with Crippen LogP contribution in [0.2, 0.25) is 0 Å². The Kier molecular flexibility index (Phi) is 8.95. The van der Waals surface area contributed by atoms with E-state index in [-0.39, 0.29) is 10.8 Å². The first-order valence-corrected chi connectivity index (χ1v) is 13.5. The molecule has 1 aliphatic heterocycles. The van der Waals surface area contributed by atoms with Gasteiger partial charge in [-0.25, -0.2) is 8.42 Å². The molecule has 0 aliphatic carbocycles. The van der Waals surface area contributed by atoms with Gasteiger partial charge in [0.2, 0.25) is 15.9 Å². The predicted octanol–water partition coefficient (Wildman–Crippen LogP) is 3.36. The number of anilines is 1. The molecule has 0 aromatic heterocycles. The van der Waals surface area contributed by atoms with E-state index < -0.39 is 16.1 Å². The molecule has 1 heterocycles. The van der Waals surface area contributed by atoms with Gasteiger partial charge in [-0.1, -0.05) is 30.3 Å². The molecule has 0 spiro atoms. The maximum Gasteiger partial charge on any atom is 0.242 e. The lowest BCUT2D eigenvalue weighted by Crippen LogP contribution is -2.44. The second-order valence-corrected chi connectivity index (χ2v) is 10.5. The Balaban J connectivity index is 1.60. The fourth-order valence-corrected chi connectivity index (χ4v) is 5.33. The minimum Gasteiger partial charge on any atom is -0.325 e. The smallest absolute Gasteiger partial charge is 0.242 e.